The van der Waals surface area contributed by atoms with Gasteiger partial charge in [0.05, 0.1) is 12.1 Å². The average Bonchev–Trinajstić information content (AvgIpc) is 2.04. The molecule has 1 aliphatic carbocycles. The van der Waals surface area contributed by atoms with Crippen LogP contribution >= 0.6 is 0 Å². The van der Waals surface area contributed by atoms with Crippen LogP contribution in [-0.2, 0) is 0 Å². The highest BCUT2D eigenvalue weighted by Crippen LogP contribution is 2.22. The van der Waals surface area contributed by atoms with E-state index < -0.39 is 0 Å². The third-order valence-electron chi connectivity index (χ3n) is 1.74. The third kappa shape index (κ3) is 1.17. The number of rotatable bonds is 0. The van der Waals surface area contributed by atoms with Gasteiger partial charge >= 0.3 is 0 Å². The van der Waals surface area contributed by atoms with Crippen molar-refractivity contribution in [1.82, 2.24) is 0 Å². The summed E-state index contributed by atoms with van der Waals surface area (Å²) < 4.78 is 0. The predicted molar refractivity (Wildman–Crippen MR) is 36.7 cm³/mol. The van der Waals surface area contributed by atoms with Gasteiger partial charge in [-0.2, -0.15) is 10.5 Å². The molecule has 50 valence electrons. The highest BCUT2D eigenvalue weighted by atomic mass is 14.3. The van der Waals surface area contributed by atoms with Gasteiger partial charge in [-0.15, -0.1) is 0 Å². The summed E-state index contributed by atoms with van der Waals surface area (Å²) in [6.07, 6.45) is 3.74. The van der Waals surface area contributed by atoms with Gasteiger partial charge in [0, 0.05) is 11.1 Å². The van der Waals surface area contributed by atoms with Gasteiger partial charge < -0.3 is 0 Å². The van der Waals surface area contributed by atoms with Crippen LogP contribution in [0.3, 0.4) is 0 Å². The highest BCUT2D eigenvalue weighted by molar-refractivity contribution is 5.37. The highest BCUT2D eigenvalue weighted by Gasteiger charge is 2.10. The van der Waals surface area contributed by atoms with Gasteiger partial charge in [0.25, 0.3) is 0 Å². The van der Waals surface area contributed by atoms with Crippen LogP contribution in [0.25, 0.3) is 0 Å². The molecule has 0 saturated heterocycles. The molecule has 2 heteroatoms. The summed E-state index contributed by atoms with van der Waals surface area (Å²) in [5, 5.41) is 17.1. The standard InChI is InChI=1S/C8H8N2/c9-5-7-3-1-2-4-8(7)6-10/h1-4H2. The van der Waals surface area contributed by atoms with E-state index in [1.807, 2.05) is 0 Å². The number of nitrogens with zero attached hydrogens (tertiary/aromatic N) is 2. The lowest BCUT2D eigenvalue weighted by atomic mass is 9.93. The van der Waals surface area contributed by atoms with Crippen LogP contribution in [0.4, 0.5) is 0 Å². The lowest BCUT2D eigenvalue weighted by Crippen LogP contribution is -1.95. The van der Waals surface area contributed by atoms with Gasteiger partial charge in [0.2, 0.25) is 0 Å². The summed E-state index contributed by atoms with van der Waals surface area (Å²) in [7, 11) is 0. The Hall–Kier alpha value is -1.28. The van der Waals surface area contributed by atoms with E-state index in [1.165, 1.54) is 0 Å². The van der Waals surface area contributed by atoms with Crippen LogP contribution in [-0.4, -0.2) is 0 Å². The molecule has 10 heavy (non-hydrogen) atoms. The molecule has 0 radical (unpaired) electrons. The molecule has 0 spiro atoms. The van der Waals surface area contributed by atoms with Crippen LogP contribution in [0.5, 0.6) is 0 Å². The zero-order valence-corrected chi connectivity index (χ0v) is 5.72. The first kappa shape index (κ1) is 6.83. The monoisotopic (exact) mass is 132 g/mol. The van der Waals surface area contributed by atoms with Gasteiger partial charge in [0.15, 0.2) is 0 Å². The van der Waals surface area contributed by atoms with Crippen LogP contribution in [0.15, 0.2) is 11.1 Å². The van der Waals surface area contributed by atoms with Gasteiger partial charge in [0.1, 0.15) is 0 Å². The van der Waals surface area contributed by atoms with Crippen molar-refractivity contribution < 1.29 is 0 Å². The molecule has 0 unspecified atom stereocenters. The topological polar surface area (TPSA) is 47.6 Å². The summed E-state index contributed by atoms with van der Waals surface area (Å²) >= 11 is 0. The Morgan fingerprint density at radius 3 is 1.60 bits per heavy atom. The summed E-state index contributed by atoms with van der Waals surface area (Å²) in [6.45, 7) is 0. The molecule has 1 aliphatic rings. The van der Waals surface area contributed by atoms with Crippen molar-refractivity contribution in [1.29, 1.82) is 10.5 Å². The van der Waals surface area contributed by atoms with E-state index in [-0.39, 0.29) is 0 Å². The van der Waals surface area contributed by atoms with E-state index in [4.69, 9.17) is 10.5 Å². The Kier molecular flexibility index (Phi) is 2.07. The number of hydrogen-bond acceptors (Lipinski definition) is 2. The van der Waals surface area contributed by atoms with Crippen molar-refractivity contribution >= 4 is 0 Å². The second-order valence-electron chi connectivity index (χ2n) is 2.39. The minimum absolute atomic E-state index is 0.703. The average molecular weight is 132 g/mol. The maximum atomic E-state index is 8.53. The van der Waals surface area contributed by atoms with Gasteiger partial charge in [-0.05, 0) is 25.7 Å². The Balaban J connectivity index is 2.88. The number of hydrogen-bond donors (Lipinski definition) is 0. The molecular weight excluding hydrogens is 124 g/mol. The molecule has 0 N–H and O–H groups in total. The molecule has 0 aromatic rings. The molecule has 0 aliphatic heterocycles. The van der Waals surface area contributed by atoms with Crippen molar-refractivity contribution in [2.24, 2.45) is 0 Å². The Labute approximate surface area is 60.4 Å². The quantitative estimate of drug-likeness (QED) is 0.505. The summed E-state index contributed by atoms with van der Waals surface area (Å²) in [6, 6.07) is 4.12. The maximum Gasteiger partial charge on any atom is 0.0957 e. The largest absolute Gasteiger partial charge is 0.193 e. The smallest absolute Gasteiger partial charge is 0.0957 e. The van der Waals surface area contributed by atoms with Crippen molar-refractivity contribution in [3.8, 4) is 12.1 Å². The summed E-state index contributed by atoms with van der Waals surface area (Å²) in [4.78, 5) is 0. The minimum Gasteiger partial charge on any atom is -0.193 e. The van der Waals surface area contributed by atoms with E-state index in [0.717, 1.165) is 25.7 Å². The van der Waals surface area contributed by atoms with Crippen molar-refractivity contribution in [3.05, 3.63) is 11.1 Å². The second-order valence-corrected chi connectivity index (χ2v) is 2.39. The molecule has 0 heterocycles. The molecular formula is C8H8N2. The summed E-state index contributed by atoms with van der Waals surface area (Å²) in [5.74, 6) is 0. The number of nitriles is 2. The lowest BCUT2D eigenvalue weighted by Gasteiger charge is -2.08. The van der Waals surface area contributed by atoms with Crippen LogP contribution in [0, 0.1) is 22.7 Å². The first-order valence-corrected chi connectivity index (χ1v) is 3.40. The van der Waals surface area contributed by atoms with E-state index in [2.05, 4.69) is 12.1 Å². The van der Waals surface area contributed by atoms with Crippen LogP contribution in [0.2, 0.25) is 0 Å². The first-order chi connectivity index (χ1) is 4.88. The van der Waals surface area contributed by atoms with E-state index >= 15 is 0 Å². The van der Waals surface area contributed by atoms with Gasteiger partial charge in [-0.1, -0.05) is 0 Å². The Morgan fingerprint density at radius 1 is 0.900 bits per heavy atom. The third-order valence-corrected chi connectivity index (χ3v) is 1.74. The predicted octanol–water partition coefficient (Wildman–Crippen LogP) is 1.90. The van der Waals surface area contributed by atoms with Gasteiger partial charge in [-0.25, -0.2) is 0 Å². The lowest BCUT2D eigenvalue weighted by molar-refractivity contribution is 0.697. The van der Waals surface area contributed by atoms with E-state index in [1.54, 1.807) is 0 Å². The van der Waals surface area contributed by atoms with Crippen molar-refractivity contribution in [3.63, 3.8) is 0 Å². The fourth-order valence-corrected chi connectivity index (χ4v) is 1.15. The molecule has 0 aromatic heterocycles. The SMILES string of the molecule is N#CC1=C(C#N)CCCC1. The molecule has 0 aromatic carbocycles. The summed E-state index contributed by atoms with van der Waals surface area (Å²) in [5.41, 5.74) is 1.41. The number of allylic oxidation sites excluding steroid dienone is 2. The molecule has 0 fully saturated rings. The van der Waals surface area contributed by atoms with Crippen molar-refractivity contribution in [2.45, 2.75) is 25.7 Å². The molecule has 1 rings (SSSR count). The van der Waals surface area contributed by atoms with Crippen LogP contribution in [0.1, 0.15) is 25.7 Å². The van der Waals surface area contributed by atoms with Crippen molar-refractivity contribution in [2.75, 3.05) is 0 Å². The minimum atomic E-state index is 0.703. The molecule has 2 nitrogen and oxygen atoms in total. The van der Waals surface area contributed by atoms with Gasteiger partial charge in [-0.3, -0.25) is 0 Å². The normalized spacial score (nSPS) is 17.8. The first-order valence-electron chi connectivity index (χ1n) is 3.40. The van der Waals surface area contributed by atoms with E-state index in [0.29, 0.717) is 11.1 Å². The molecule has 0 saturated carbocycles. The van der Waals surface area contributed by atoms with E-state index in [9.17, 15) is 0 Å². The zero-order valence-electron chi connectivity index (χ0n) is 5.72. The van der Waals surface area contributed by atoms with Crippen LogP contribution < -0.4 is 0 Å². The Morgan fingerprint density at radius 2 is 1.30 bits per heavy atom. The fraction of sp³-hybridized carbons (Fsp3) is 0.500. The maximum absolute atomic E-state index is 8.53. The molecule has 0 atom stereocenters. The second kappa shape index (κ2) is 3.03. The Bertz CT molecular complexity index is 211. The molecule has 0 bridgehead atoms. The molecule has 0 amide bonds. The zero-order chi connectivity index (χ0) is 7.40. The fourth-order valence-electron chi connectivity index (χ4n) is 1.15.